The quantitative estimate of drug-likeness (QED) is 0.332. The van der Waals surface area contributed by atoms with Crippen LogP contribution in [0.2, 0.25) is 0 Å². The zero-order chi connectivity index (χ0) is 16.0. The van der Waals surface area contributed by atoms with Crippen LogP contribution < -0.4 is 5.09 Å². The zero-order valence-corrected chi connectivity index (χ0v) is 14.3. The highest BCUT2D eigenvalue weighted by atomic mass is 35.5. The van der Waals surface area contributed by atoms with Gasteiger partial charge in [-0.15, -0.1) is 23.2 Å². The maximum absolute atomic E-state index is 13.2. The van der Waals surface area contributed by atoms with Gasteiger partial charge in [0, 0.05) is 31.3 Å². The standard InChI is InChI=1S/C13H19Cl2N2O4P/c14-6-8-17(9-7-15)22(19)16-13(20-18)10-12(21-22)11-4-2-1-3-5-11/h1-5,12-13,18H,6-10H2,(H,16,19)/t12-,13+,22+/m0/s1. The molecule has 1 saturated heterocycles. The van der Waals surface area contributed by atoms with Crippen molar-refractivity contribution >= 4 is 30.9 Å². The third kappa shape index (κ3) is 4.43. The first-order chi connectivity index (χ1) is 10.6. The van der Waals surface area contributed by atoms with Crippen molar-refractivity contribution in [3.63, 3.8) is 0 Å². The van der Waals surface area contributed by atoms with Crippen molar-refractivity contribution in [3.05, 3.63) is 35.9 Å². The van der Waals surface area contributed by atoms with Crippen LogP contribution in [0.4, 0.5) is 0 Å². The van der Waals surface area contributed by atoms with E-state index in [0.717, 1.165) is 5.56 Å². The second-order valence-electron chi connectivity index (χ2n) is 4.82. The van der Waals surface area contributed by atoms with E-state index in [1.54, 1.807) is 4.67 Å². The van der Waals surface area contributed by atoms with Crippen LogP contribution in [0.3, 0.4) is 0 Å². The predicted octanol–water partition coefficient (Wildman–Crippen LogP) is 3.44. The van der Waals surface area contributed by atoms with Gasteiger partial charge in [-0.2, -0.15) is 0 Å². The third-order valence-corrected chi connectivity index (χ3v) is 6.00. The molecule has 9 heteroatoms. The second-order valence-corrected chi connectivity index (χ2v) is 7.65. The van der Waals surface area contributed by atoms with Gasteiger partial charge < -0.3 is 0 Å². The maximum atomic E-state index is 13.2. The molecule has 0 saturated carbocycles. The van der Waals surface area contributed by atoms with Gasteiger partial charge in [0.2, 0.25) is 0 Å². The summed E-state index contributed by atoms with van der Waals surface area (Å²) in [6, 6.07) is 9.38. The van der Waals surface area contributed by atoms with Crippen LogP contribution in [0.15, 0.2) is 30.3 Å². The molecule has 124 valence electrons. The molecule has 1 aliphatic heterocycles. The fourth-order valence-corrected chi connectivity index (χ4v) is 5.12. The first-order valence-electron chi connectivity index (χ1n) is 6.91. The summed E-state index contributed by atoms with van der Waals surface area (Å²) < 4.78 is 20.5. The summed E-state index contributed by atoms with van der Waals surface area (Å²) in [7, 11) is -3.42. The van der Waals surface area contributed by atoms with Gasteiger partial charge >= 0.3 is 7.67 Å². The summed E-state index contributed by atoms with van der Waals surface area (Å²) >= 11 is 11.5. The lowest BCUT2D eigenvalue weighted by Gasteiger charge is -2.39. The van der Waals surface area contributed by atoms with Crippen molar-refractivity contribution in [2.75, 3.05) is 24.8 Å². The molecule has 1 heterocycles. The van der Waals surface area contributed by atoms with Gasteiger partial charge in [-0.25, -0.2) is 14.6 Å². The van der Waals surface area contributed by atoms with E-state index in [1.165, 1.54) is 0 Å². The summed E-state index contributed by atoms with van der Waals surface area (Å²) in [5.74, 6) is 0.569. The lowest BCUT2D eigenvalue weighted by atomic mass is 10.1. The molecule has 22 heavy (non-hydrogen) atoms. The van der Waals surface area contributed by atoms with Crippen molar-refractivity contribution < 1.29 is 19.2 Å². The minimum atomic E-state index is -3.42. The van der Waals surface area contributed by atoms with Crippen LogP contribution >= 0.6 is 30.9 Å². The number of nitrogens with zero attached hydrogens (tertiary/aromatic N) is 1. The highest BCUT2D eigenvalue weighted by molar-refractivity contribution is 7.54. The summed E-state index contributed by atoms with van der Waals surface area (Å²) in [6.45, 7) is 0.691. The third-order valence-electron chi connectivity index (χ3n) is 3.36. The van der Waals surface area contributed by atoms with Gasteiger partial charge in [0.05, 0.1) is 6.10 Å². The average molecular weight is 369 g/mol. The molecule has 3 atom stereocenters. The van der Waals surface area contributed by atoms with Crippen LogP contribution in [0.5, 0.6) is 0 Å². The molecule has 0 unspecified atom stereocenters. The fraction of sp³-hybridized carbons (Fsp3) is 0.538. The highest BCUT2D eigenvalue weighted by Crippen LogP contribution is 2.55. The first-order valence-corrected chi connectivity index (χ1v) is 9.56. The fourth-order valence-electron chi connectivity index (χ4n) is 2.32. The smallest absolute Gasteiger partial charge is 0.298 e. The molecule has 0 radical (unpaired) electrons. The van der Waals surface area contributed by atoms with E-state index < -0.39 is 20.0 Å². The largest absolute Gasteiger partial charge is 0.346 e. The van der Waals surface area contributed by atoms with E-state index in [2.05, 4.69) is 9.97 Å². The van der Waals surface area contributed by atoms with E-state index >= 15 is 0 Å². The topological polar surface area (TPSA) is 71.0 Å². The Morgan fingerprint density at radius 2 is 1.95 bits per heavy atom. The molecular weight excluding hydrogens is 350 g/mol. The average Bonchev–Trinajstić information content (AvgIpc) is 2.55. The molecule has 0 aromatic heterocycles. The van der Waals surface area contributed by atoms with Crippen molar-refractivity contribution in [3.8, 4) is 0 Å². The van der Waals surface area contributed by atoms with Gasteiger partial charge in [-0.3, -0.25) is 14.3 Å². The maximum Gasteiger partial charge on any atom is 0.346 e. The van der Waals surface area contributed by atoms with Crippen LogP contribution in [-0.4, -0.2) is 41.0 Å². The van der Waals surface area contributed by atoms with Crippen molar-refractivity contribution in [2.24, 2.45) is 0 Å². The monoisotopic (exact) mass is 368 g/mol. The van der Waals surface area contributed by atoms with E-state index in [-0.39, 0.29) is 11.8 Å². The first kappa shape index (κ1) is 18.2. The summed E-state index contributed by atoms with van der Waals surface area (Å²) in [6.07, 6.45) is -0.920. The lowest BCUT2D eigenvalue weighted by Crippen LogP contribution is -2.43. The Morgan fingerprint density at radius 1 is 1.32 bits per heavy atom. The highest BCUT2D eigenvalue weighted by Gasteiger charge is 2.42. The number of alkyl halides is 2. The minimum Gasteiger partial charge on any atom is -0.298 e. The Morgan fingerprint density at radius 3 is 2.50 bits per heavy atom. The molecule has 0 bridgehead atoms. The molecule has 1 aromatic carbocycles. The molecule has 0 aliphatic carbocycles. The van der Waals surface area contributed by atoms with Crippen LogP contribution in [0, 0.1) is 0 Å². The lowest BCUT2D eigenvalue weighted by molar-refractivity contribution is -0.289. The second kappa shape index (κ2) is 8.62. The van der Waals surface area contributed by atoms with Gasteiger partial charge in [0.1, 0.15) is 0 Å². The van der Waals surface area contributed by atoms with Crippen LogP contribution in [-0.2, 0) is 14.0 Å². The van der Waals surface area contributed by atoms with E-state index in [0.29, 0.717) is 19.5 Å². The van der Waals surface area contributed by atoms with Gasteiger partial charge in [0.25, 0.3) is 0 Å². The molecule has 1 aliphatic rings. The normalized spacial score (nSPS) is 28.9. The molecule has 0 spiro atoms. The predicted molar refractivity (Wildman–Crippen MR) is 86.1 cm³/mol. The molecule has 6 nitrogen and oxygen atoms in total. The van der Waals surface area contributed by atoms with Gasteiger partial charge in [-0.1, -0.05) is 30.3 Å². The van der Waals surface area contributed by atoms with Gasteiger partial charge in [0.15, 0.2) is 6.23 Å². The van der Waals surface area contributed by atoms with Gasteiger partial charge in [-0.05, 0) is 5.56 Å². The Hall–Kier alpha value is -0.170. The molecule has 1 aromatic rings. The number of rotatable bonds is 7. The summed E-state index contributed by atoms with van der Waals surface area (Å²) in [5, 5.41) is 11.7. The van der Waals surface area contributed by atoms with E-state index in [4.69, 9.17) is 33.0 Å². The zero-order valence-electron chi connectivity index (χ0n) is 11.9. The number of halogens is 2. The summed E-state index contributed by atoms with van der Waals surface area (Å²) in [4.78, 5) is 4.39. The van der Waals surface area contributed by atoms with Crippen molar-refractivity contribution in [2.45, 2.75) is 18.8 Å². The molecule has 2 N–H and O–H groups in total. The Labute approximate surface area is 139 Å². The molecule has 2 rings (SSSR count). The van der Waals surface area contributed by atoms with Crippen LogP contribution in [0.25, 0.3) is 0 Å². The number of hydrogen-bond acceptors (Lipinski definition) is 4. The molecule has 1 fully saturated rings. The number of nitrogens with one attached hydrogen (secondary N) is 1. The van der Waals surface area contributed by atoms with E-state index in [1.807, 2.05) is 30.3 Å². The van der Waals surface area contributed by atoms with E-state index in [9.17, 15) is 4.57 Å². The molecule has 0 amide bonds. The SMILES string of the molecule is O=[P@]1(N(CCCl)CCCl)N[C@H](OO)C[C@@H](c2ccccc2)O1. The Kier molecular flexibility index (Phi) is 7.12. The number of hydrogen-bond donors (Lipinski definition) is 2. The Bertz CT molecular complexity index is 502. The Balaban J connectivity index is 2.24. The number of benzene rings is 1. The minimum absolute atomic E-state index is 0.284. The van der Waals surface area contributed by atoms with Crippen molar-refractivity contribution in [1.82, 2.24) is 9.76 Å². The van der Waals surface area contributed by atoms with Crippen LogP contribution in [0.1, 0.15) is 18.1 Å². The summed E-state index contributed by atoms with van der Waals surface area (Å²) in [5.41, 5.74) is 0.864. The van der Waals surface area contributed by atoms with Crippen molar-refractivity contribution in [1.29, 1.82) is 0 Å². The molecular formula is C13H19Cl2N2O4P.